The number of carbonyl (C=O) groups is 3. The number of nitrogens with zero attached hydrogens (tertiary/aromatic N) is 1. The quantitative estimate of drug-likeness (QED) is 0.405. The molecule has 0 aliphatic rings. The van der Waals surface area contributed by atoms with E-state index in [2.05, 4.69) is 10.3 Å². The Bertz CT molecular complexity index is 890. The van der Waals surface area contributed by atoms with Gasteiger partial charge in [0.1, 0.15) is 12.3 Å². The Labute approximate surface area is 173 Å². The van der Waals surface area contributed by atoms with Gasteiger partial charge in [0.05, 0.1) is 12.2 Å². The summed E-state index contributed by atoms with van der Waals surface area (Å²) in [5.41, 5.74) is 2.30. The van der Waals surface area contributed by atoms with E-state index >= 15 is 0 Å². The van der Waals surface area contributed by atoms with Gasteiger partial charge in [-0.1, -0.05) is 0 Å². The van der Waals surface area contributed by atoms with E-state index in [0.29, 0.717) is 34.8 Å². The first-order valence-electron chi connectivity index (χ1n) is 8.90. The summed E-state index contributed by atoms with van der Waals surface area (Å²) < 4.78 is 10.0. The van der Waals surface area contributed by atoms with Crippen LogP contribution in [0.25, 0.3) is 0 Å². The van der Waals surface area contributed by atoms with Gasteiger partial charge in [-0.15, -0.1) is 0 Å². The third-order valence-electron chi connectivity index (χ3n) is 4.07. The number of methoxy groups -OCH3 is 1. The molecule has 0 unspecified atom stereocenters. The van der Waals surface area contributed by atoms with Crippen molar-refractivity contribution in [2.45, 2.75) is 18.7 Å². The van der Waals surface area contributed by atoms with Crippen LogP contribution in [0.3, 0.4) is 0 Å². The molecular formula is C20H25N3O5S. The van der Waals surface area contributed by atoms with Gasteiger partial charge in [-0.05, 0) is 55.4 Å². The monoisotopic (exact) mass is 419 g/mol. The summed E-state index contributed by atoms with van der Waals surface area (Å²) in [6.45, 7) is 3.85. The second kappa shape index (κ2) is 10.1. The van der Waals surface area contributed by atoms with Crippen molar-refractivity contribution >= 4 is 34.6 Å². The summed E-state index contributed by atoms with van der Waals surface area (Å²) in [6, 6.07) is 6.95. The molecule has 1 aromatic carbocycles. The molecular weight excluding hydrogens is 394 g/mol. The van der Waals surface area contributed by atoms with Crippen molar-refractivity contribution in [2.24, 2.45) is 0 Å². The number of hydrogen-bond acceptors (Lipinski definition) is 6. The number of carbonyl (C=O) groups excluding carboxylic acids is 3. The third kappa shape index (κ3) is 5.85. The van der Waals surface area contributed by atoms with Gasteiger partial charge < -0.3 is 24.7 Å². The maximum Gasteiger partial charge on any atom is 0.340 e. The minimum atomic E-state index is -0.501. The molecule has 2 amide bonds. The van der Waals surface area contributed by atoms with Crippen molar-refractivity contribution in [3.8, 4) is 0 Å². The SMILES string of the molecule is COCCOC(=O)c1c(C)[nH]c(C(=O)Nc2ccc(SC(=O)N(C)C)cc2)c1C. The summed E-state index contributed by atoms with van der Waals surface area (Å²) in [6.07, 6.45) is 0. The van der Waals surface area contributed by atoms with E-state index in [9.17, 15) is 14.4 Å². The van der Waals surface area contributed by atoms with Crippen molar-refractivity contribution < 1.29 is 23.9 Å². The molecule has 0 saturated heterocycles. The van der Waals surface area contributed by atoms with E-state index in [1.165, 1.54) is 12.0 Å². The molecule has 8 nitrogen and oxygen atoms in total. The number of ether oxygens (including phenoxy) is 2. The van der Waals surface area contributed by atoms with E-state index in [0.717, 1.165) is 16.7 Å². The van der Waals surface area contributed by atoms with Gasteiger partial charge in [-0.3, -0.25) is 9.59 Å². The van der Waals surface area contributed by atoms with Gasteiger partial charge in [0.15, 0.2) is 0 Å². The van der Waals surface area contributed by atoms with Crippen molar-refractivity contribution in [2.75, 3.05) is 39.7 Å². The number of esters is 1. The Morgan fingerprint density at radius 3 is 2.34 bits per heavy atom. The molecule has 0 atom stereocenters. The van der Waals surface area contributed by atoms with E-state index in [-0.39, 0.29) is 17.8 Å². The van der Waals surface area contributed by atoms with Crippen LogP contribution in [0.1, 0.15) is 32.1 Å². The first kappa shape index (κ1) is 22.5. The first-order valence-corrected chi connectivity index (χ1v) is 9.72. The fourth-order valence-electron chi connectivity index (χ4n) is 2.57. The molecule has 2 rings (SSSR count). The number of rotatable bonds is 7. The van der Waals surface area contributed by atoms with Gasteiger partial charge in [-0.2, -0.15) is 0 Å². The second-order valence-electron chi connectivity index (χ2n) is 6.49. The van der Waals surface area contributed by atoms with Crippen LogP contribution < -0.4 is 5.32 Å². The number of aryl methyl sites for hydroxylation is 1. The Morgan fingerprint density at radius 2 is 1.76 bits per heavy atom. The molecule has 0 bridgehead atoms. The number of H-pyrrole nitrogens is 1. The number of aromatic nitrogens is 1. The Balaban J connectivity index is 2.08. The largest absolute Gasteiger partial charge is 0.460 e. The molecule has 0 spiro atoms. The zero-order valence-electron chi connectivity index (χ0n) is 17.1. The molecule has 1 aromatic heterocycles. The fraction of sp³-hybridized carbons (Fsp3) is 0.350. The molecule has 0 aliphatic heterocycles. The number of benzene rings is 1. The van der Waals surface area contributed by atoms with Crippen LogP contribution in [0.2, 0.25) is 0 Å². The third-order valence-corrected chi connectivity index (χ3v) is 5.12. The molecule has 9 heteroatoms. The lowest BCUT2D eigenvalue weighted by molar-refractivity contribution is 0.0386. The van der Waals surface area contributed by atoms with Gasteiger partial charge in [-0.25, -0.2) is 4.79 Å². The molecule has 0 saturated carbocycles. The summed E-state index contributed by atoms with van der Waals surface area (Å²) in [4.78, 5) is 41.9. The maximum atomic E-state index is 12.7. The zero-order valence-corrected chi connectivity index (χ0v) is 17.9. The fourth-order valence-corrected chi connectivity index (χ4v) is 3.22. The average Bonchev–Trinajstić information content (AvgIpc) is 2.97. The standard InChI is InChI=1S/C20H25N3O5S/c1-12-16(19(25)28-11-10-27-5)13(2)21-17(12)18(24)22-14-6-8-15(9-7-14)29-20(26)23(3)4/h6-9,21H,10-11H2,1-5H3,(H,22,24). The van der Waals surface area contributed by atoms with Gasteiger partial charge >= 0.3 is 5.97 Å². The predicted octanol–water partition coefficient (Wildman–Crippen LogP) is 3.46. The van der Waals surface area contributed by atoms with Crippen molar-refractivity contribution in [3.05, 3.63) is 46.8 Å². The highest BCUT2D eigenvalue weighted by atomic mass is 32.2. The summed E-state index contributed by atoms with van der Waals surface area (Å²) in [5.74, 6) is -0.870. The summed E-state index contributed by atoms with van der Waals surface area (Å²) >= 11 is 1.10. The molecule has 29 heavy (non-hydrogen) atoms. The molecule has 1 heterocycles. The van der Waals surface area contributed by atoms with Gasteiger partial charge in [0, 0.05) is 37.5 Å². The molecule has 0 aliphatic carbocycles. The lowest BCUT2D eigenvalue weighted by Crippen LogP contribution is -2.16. The lowest BCUT2D eigenvalue weighted by Gasteiger charge is -2.10. The van der Waals surface area contributed by atoms with E-state index in [4.69, 9.17) is 9.47 Å². The minimum Gasteiger partial charge on any atom is -0.460 e. The summed E-state index contributed by atoms with van der Waals surface area (Å²) in [7, 11) is 4.90. The Kier molecular flexibility index (Phi) is 7.86. The molecule has 2 aromatic rings. The van der Waals surface area contributed by atoms with Crippen LogP contribution >= 0.6 is 11.8 Å². The minimum absolute atomic E-state index is 0.0795. The Morgan fingerprint density at radius 1 is 1.10 bits per heavy atom. The predicted molar refractivity (Wildman–Crippen MR) is 112 cm³/mol. The number of nitrogens with one attached hydrogen (secondary N) is 2. The van der Waals surface area contributed by atoms with Gasteiger partial charge in [0.25, 0.3) is 11.1 Å². The van der Waals surface area contributed by atoms with Crippen molar-refractivity contribution in [3.63, 3.8) is 0 Å². The van der Waals surface area contributed by atoms with Gasteiger partial charge in [0.2, 0.25) is 0 Å². The van der Waals surface area contributed by atoms with Crippen molar-refractivity contribution in [1.82, 2.24) is 9.88 Å². The molecule has 156 valence electrons. The molecule has 0 radical (unpaired) electrons. The number of thioether (sulfide) groups is 1. The normalized spacial score (nSPS) is 10.5. The van der Waals surface area contributed by atoms with Crippen molar-refractivity contribution in [1.29, 1.82) is 0 Å². The van der Waals surface area contributed by atoms with Crippen LogP contribution in [0.5, 0.6) is 0 Å². The van der Waals surface area contributed by atoms with E-state index in [1.807, 2.05) is 0 Å². The zero-order chi connectivity index (χ0) is 21.6. The molecule has 0 fully saturated rings. The van der Waals surface area contributed by atoms with E-state index in [1.54, 1.807) is 52.2 Å². The number of aromatic amines is 1. The highest BCUT2D eigenvalue weighted by molar-refractivity contribution is 8.13. The first-order chi connectivity index (χ1) is 13.7. The van der Waals surface area contributed by atoms with Crippen LogP contribution in [-0.2, 0) is 9.47 Å². The van der Waals surface area contributed by atoms with E-state index < -0.39 is 5.97 Å². The number of hydrogen-bond donors (Lipinski definition) is 2. The van der Waals surface area contributed by atoms with Crippen LogP contribution in [0.15, 0.2) is 29.2 Å². The smallest absolute Gasteiger partial charge is 0.340 e. The number of amides is 2. The Hall–Kier alpha value is -2.78. The lowest BCUT2D eigenvalue weighted by atomic mass is 10.1. The summed E-state index contributed by atoms with van der Waals surface area (Å²) in [5, 5.41) is 2.71. The van der Waals surface area contributed by atoms with Crippen LogP contribution in [0.4, 0.5) is 10.5 Å². The van der Waals surface area contributed by atoms with Crippen LogP contribution in [-0.4, -0.2) is 61.4 Å². The highest BCUT2D eigenvalue weighted by Gasteiger charge is 2.23. The second-order valence-corrected chi connectivity index (χ2v) is 7.52. The van der Waals surface area contributed by atoms with Crippen LogP contribution in [0, 0.1) is 13.8 Å². The number of anilines is 1. The highest BCUT2D eigenvalue weighted by Crippen LogP contribution is 2.24. The topological polar surface area (TPSA) is 101 Å². The maximum absolute atomic E-state index is 12.7. The molecule has 2 N–H and O–H groups in total. The average molecular weight is 420 g/mol.